The largest absolute Gasteiger partial charge is 0.493 e. The molecule has 2 aromatic carbocycles. The first-order valence-corrected chi connectivity index (χ1v) is 8.32. The van der Waals surface area contributed by atoms with Gasteiger partial charge in [0.15, 0.2) is 0 Å². The van der Waals surface area contributed by atoms with Gasteiger partial charge in [0.05, 0.1) is 12.8 Å². The van der Waals surface area contributed by atoms with Crippen LogP contribution in [0.5, 0.6) is 5.75 Å². The highest BCUT2D eigenvalue weighted by molar-refractivity contribution is 9.10. The van der Waals surface area contributed by atoms with Gasteiger partial charge < -0.3 is 4.74 Å². The van der Waals surface area contributed by atoms with Gasteiger partial charge in [-0.1, -0.05) is 46.3 Å². The van der Waals surface area contributed by atoms with Gasteiger partial charge in [-0.05, 0) is 18.2 Å². The molecule has 1 aromatic heterocycles. The van der Waals surface area contributed by atoms with E-state index in [0.717, 1.165) is 31.8 Å². The quantitative estimate of drug-likeness (QED) is 0.493. The van der Waals surface area contributed by atoms with Crippen LogP contribution in [0.2, 0.25) is 0 Å². The molecule has 0 saturated heterocycles. The van der Waals surface area contributed by atoms with Crippen LogP contribution in [0.3, 0.4) is 0 Å². The summed E-state index contributed by atoms with van der Waals surface area (Å²) < 4.78 is 6.74. The van der Waals surface area contributed by atoms with Gasteiger partial charge >= 0.3 is 0 Å². The smallest absolute Gasteiger partial charge is 0.127 e. The van der Waals surface area contributed by atoms with E-state index >= 15 is 0 Å². The van der Waals surface area contributed by atoms with E-state index in [-0.39, 0.29) is 0 Å². The highest BCUT2D eigenvalue weighted by Crippen LogP contribution is 2.24. The first-order chi connectivity index (χ1) is 10.3. The number of rotatable bonds is 5. The Balaban J connectivity index is 1.60. The minimum atomic E-state index is 0.631. The van der Waals surface area contributed by atoms with E-state index < -0.39 is 0 Å². The second-order valence-corrected chi connectivity index (χ2v) is 6.39. The van der Waals surface area contributed by atoms with Crippen molar-refractivity contribution in [3.8, 4) is 5.75 Å². The molecular formula is C16H13BrN2OS. The summed E-state index contributed by atoms with van der Waals surface area (Å²) in [5.74, 6) is 1.70. The maximum Gasteiger partial charge on any atom is 0.127 e. The molecule has 1 heterocycles. The average molecular weight is 361 g/mol. The van der Waals surface area contributed by atoms with Gasteiger partial charge in [-0.15, -0.1) is 16.9 Å². The summed E-state index contributed by atoms with van der Waals surface area (Å²) in [6.45, 7) is 0.631. The SMILES string of the molecule is Brc1cccc(OCCSc2nncc3ccccc23)c1. The van der Waals surface area contributed by atoms with Gasteiger partial charge in [-0.2, -0.15) is 5.10 Å². The van der Waals surface area contributed by atoms with Crippen molar-refractivity contribution in [3.05, 3.63) is 59.2 Å². The number of halogens is 1. The molecule has 0 N–H and O–H groups in total. The number of hydrogen-bond donors (Lipinski definition) is 0. The summed E-state index contributed by atoms with van der Waals surface area (Å²) in [6, 6.07) is 16.0. The van der Waals surface area contributed by atoms with Crippen LogP contribution >= 0.6 is 27.7 Å². The van der Waals surface area contributed by atoms with Gasteiger partial charge in [-0.3, -0.25) is 0 Å². The third-order valence-corrected chi connectivity index (χ3v) is 4.36. The molecule has 0 unspecified atom stereocenters. The van der Waals surface area contributed by atoms with Gasteiger partial charge in [0, 0.05) is 21.0 Å². The van der Waals surface area contributed by atoms with Crippen LogP contribution in [0.1, 0.15) is 0 Å². The van der Waals surface area contributed by atoms with E-state index in [2.05, 4.69) is 32.2 Å². The molecular weight excluding hydrogens is 348 g/mol. The van der Waals surface area contributed by atoms with Crippen molar-refractivity contribution >= 4 is 38.5 Å². The molecule has 0 atom stereocenters. The number of aromatic nitrogens is 2. The number of ether oxygens (including phenoxy) is 1. The Morgan fingerprint density at radius 1 is 1.10 bits per heavy atom. The lowest BCUT2D eigenvalue weighted by Crippen LogP contribution is -2.00. The summed E-state index contributed by atoms with van der Waals surface area (Å²) in [5, 5.41) is 11.5. The molecule has 0 saturated carbocycles. The van der Waals surface area contributed by atoms with E-state index in [1.54, 1.807) is 18.0 Å². The van der Waals surface area contributed by atoms with Crippen LogP contribution < -0.4 is 4.74 Å². The first kappa shape index (κ1) is 14.4. The lowest BCUT2D eigenvalue weighted by molar-refractivity contribution is 0.343. The van der Waals surface area contributed by atoms with E-state index in [1.807, 2.05) is 42.5 Å². The molecule has 3 rings (SSSR count). The average Bonchev–Trinajstić information content (AvgIpc) is 2.52. The Labute approximate surface area is 135 Å². The monoisotopic (exact) mass is 360 g/mol. The molecule has 3 nitrogen and oxygen atoms in total. The second kappa shape index (κ2) is 6.91. The fraction of sp³-hybridized carbons (Fsp3) is 0.125. The molecule has 0 bridgehead atoms. The van der Waals surface area contributed by atoms with Crippen LogP contribution in [0.25, 0.3) is 10.8 Å². The number of hydrogen-bond acceptors (Lipinski definition) is 4. The van der Waals surface area contributed by atoms with E-state index in [0.29, 0.717) is 6.61 Å². The maximum atomic E-state index is 5.72. The highest BCUT2D eigenvalue weighted by atomic mass is 79.9. The molecule has 0 fully saturated rings. The number of fused-ring (bicyclic) bond motifs is 1. The number of thioether (sulfide) groups is 1. The second-order valence-electron chi connectivity index (χ2n) is 4.39. The van der Waals surface area contributed by atoms with Crippen molar-refractivity contribution < 1.29 is 4.74 Å². The van der Waals surface area contributed by atoms with Crippen molar-refractivity contribution in [2.75, 3.05) is 12.4 Å². The lowest BCUT2D eigenvalue weighted by Gasteiger charge is -2.07. The van der Waals surface area contributed by atoms with E-state index in [1.165, 1.54) is 0 Å². The van der Waals surface area contributed by atoms with E-state index in [9.17, 15) is 0 Å². The van der Waals surface area contributed by atoms with Gasteiger partial charge in [0.25, 0.3) is 0 Å². The number of benzene rings is 2. The van der Waals surface area contributed by atoms with E-state index in [4.69, 9.17) is 4.74 Å². The minimum Gasteiger partial charge on any atom is -0.493 e. The molecule has 0 spiro atoms. The Bertz CT molecular complexity index is 746. The Hall–Kier alpha value is -1.59. The third kappa shape index (κ3) is 3.74. The first-order valence-electron chi connectivity index (χ1n) is 6.54. The molecule has 0 radical (unpaired) electrons. The predicted molar refractivity (Wildman–Crippen MR) is 89.9 cm³/mol. The predicted octanol–water partition coefficient (Wildman–Crippen LogP) is 4.56. The zero-order valence-corrected chi connectivity index (χ0v) is 13.6. The van der Waals surface area contributed by atoms with Crippen molar-refractivity contribution in [2.45, 2.75) is 5.03 Å². The highest BCUT2D eigenvalue weighted by Gasteiger charge is 2.03. The normalized spacial score (nSPS) is 10.7. The zero-order valence-electron chi connectivity index (χ0n) is 11.2. The molecule has 21 heavy (non-hydrogen) atoms. The summed E-state index contributed by atoms with van der Waals surface area (Å²) in [6.07, 6.45) is 1.79. The van der Waals surface area contributed by atoms with Crippen LogP contribution in [0.4, 0.5) is 0 Å². The van der Waals surface area contributed by atoms with Crippen molar-refractivity contribution in [1.29, 1.82) is 0 Å². The Morgan fingerprint density at radius 2 is 2.00 bits per heavy atom. The van der Waals surface area contributed by atoms with Gasteiger partial charge in [0.2, 0.25) is 0 Å². The summed E-state index contributed by atoms with van der Waals surface area (Å²) >= 11 is 5.09. The maximum absolute atomic E-state index is 5.72. The van der Waals surface area contributed by atoms with Crippen LogP contribution in [-0.2, 0) is 0 Å². The molecule has 0 aliphatic rings. The molecule has 0 amide bonds. The lowest BCUT2D eigenvalue weighted by atomic mass is 10.2. The molecule has 3 aromatic rings. The molecule has 106 valence electrons. The fourth-order valence-electron chi connectivity index (χ4n) is 1.96. The van der Waals surface area contributed by atoms with Gasteiger partial charge in [0.1, 0.15) is 10.8 Å². The third-order valence-electron chi connectivity index (χ3n) is 2.92. The Morgan fingerprint density at radius 3 is 2.90 bits per heavy atom. The molecule has 0 aliphatic heterocycles. The van der Waals surface area contributed by atoms with Crippen LogP contribution in [0.15, 0.2) is 64.2 Å². The zero-order chi connectivity index (χ0) is 14.5. The fourth-order valence-corrected chi connectivity index (χ4v) is 3.15. The van der Waals surface area contributed by atoms with Crippen LogP contribution in [0, 0.1) is 0 Å². The summed E-state index contributed by atoms with van der Waals surface area (Å²) in [7, 11) is 0. The topological polar surface area (TPSA) is 35.0 Å². The van der Waals surface area contributed by atoms with Crippen LogP contribution in [-0.4, -0.2) is 22.6 Å². The standard InChI is InChI=1S/C16H13BrN2OS/c17-13-5-3-6-14(10-13)20-8-9-21-16-15-7-2-1-4-12(15)11-18-19-16/h1-7,10-11H,8-9H2. The number of nitrogens with zero attached hydrogens (tertiary/aromatic N) is 2. The molecule has 5 heteroatoms. The van der Waals surface area contributed by atoms with Crippen molar-refractivity contribution in [2.24, 2.45) is 0 Å². The minimum absolute atomic E-state index is 0.631. The Kier molecular flexibility index (Phi) is 4.72. The van der Waals surface area contributed by atoms with Crippen molar-refractivity contribution in [1.82, 2.24) is 10.2 Å². The summed E-state index contributed by atoms with van der Waals surface area (Å²) in [5.41, 5.74) is 0. The van der Waals surface area contributed by atoms with Gasteiger partial charge in [-0.25, -0.2) is 0 Å². The summed E-state index contributed by atoms with van der Waals surface area (Å²) in [4.78, 5) is 0. The van der Waals surface area contributed by atoms with Crippen molar-refractivity contribution in [3.63, 3.8) is 0 Å². The molecule has 0 aliphatic carbocycles.